The molecule has 1 aromatic rings. The van der Waals surface area contributed by atoms with Gasteiger partial charge in [-0.15, -0.1) is 0 Å². The number of esters is 1. The molecule has 0 aliphatic carbocycles. The molecular formula is C17H23FN2O3. The number of carbonyl (C=O) groups excluding carboxylic acids is 2. The van der Waals surface area contributed by atoms with Crippen molar-refractivity contribution in [3.63, 3.8) is 0 Å². The highest BCUT2D eigenvalue weighted by Crippen LogP contribution is 2.18. The first kappa shape index (κ1) is 17.4. The highest BCUT2D eigenvalue weighted by atomic mass is 19.1. The number of methoxy groups -OCH3 is 1. The second-order valence-corrected chi connectivity index (χ2v) is 5.93. The van der Waals surface area contributed by atoms with Crippen molar-refractivity contribution in [2.45, 2.75) is 26.3 Å². The van der Waals surface area contributed by atoms with E-state index in [0.29, 0.717) is 38.2 Å². The Labute approximate surface area is 136 Å². The van der Waals surface area contributed by atoms with Crippen LogP contribution in [0.1, 0.15) is 29.3 Å². The maximum absolute atomic E-state index is 13.4. The van der Waals surface area contributed by atoms with E-state index >= 15 is 0 Å². The summed E-state index contributed by atoms with van der Waals surface area (Å²) in [5.74, 6) is -0.767. The highest BCUT2D eigenvalue weighted by Gasteiger charge is 2.29. The van der Waals surface area contributed by atoms with E-state index in [9.17, 15) is 14.0 Å². The second-order valence-electron chi connectivity index (χ2n) is 5.93. The van der Waals surface area contributed by atoms with E-state index in [1.807, 2.05) is 13.8 Å². The topological polar surface area (TPSA) is 49.9 Å². The quantitative estimate of drug-likeness (QED) is 0.794. The number of hydrogen-bond acceptors (Lipinski definition) is 4. The van der Waals surface area contributed by atoms with Gasteiger partial charge in [-0.1, -0.05) is 6.07 Å². The summed E-state index contributed by atoms with van der Waals surface area (Å²) in [6.07, 6.45) is 0.347. The lowest BCUT2D eigenvalue weighted by Crippen LogP contribution is -2.54. The fourth-order valence-corrected chi connectivity index (χ4v) is 2.87. The minimum atomic E-state index is -0.400. The lowest BCUT2D eigenvalue weighted by molar-refractivity contribution is -0.141. The summed E-state index contributed by atoms with van der Waals surface area (Å²) in [4.78, 5) is 27.8. The van der Waals surface area contributed by atoms with Gasteiger partial charge >= 0.3 is 5.97 Å². The summed E-state index contributed by atoms with van der Waals surface area (Å²) in [5.41, 5.74) is 1.19. The van der Waals surface area contributed by atoms with E-state index in [1.54, 1.807) is 11.0 Å². The number of ether oxygens (including phenoxy) is 1. The Bertz CT molecular complexity index is 591. The first-order valence-corrected chi connectivity index (χ1v) is 7.78. The highest BCUT2D eigenvalue weighted by molar-refractivity contribution is 5.96. The van der Waals surface area contributed by atoms with Gasteiger partial charge in [-0.3, -0.25) is 14.5 Å². The Balaban J connectivity index is 1.99. The summed E-state index contributed by atoms with van der Waals surface area (Å²) in [6, 6.07) is 4.30. The molecule has 126 valence electrons. The molecule has 1 unspecified atom stereocenters. The van der Waals surface area contributed by atoms with E-state index in [-0.39, 0.29) is 17.9 Å². The molecule has 1 atom stereocenters. The number of hydrogen-bond donors (Lipinski definition) is 0. The molecule has 2 rings (SSSR count). The molecule has 0 aromatic heterocycles. The van der Waals surface area contributed by atoms with Gasteiger partial charge < -0.3 is 9.64 Å². The van der Waals surface area contributed by atoms with Crippen LogP contribution in [0.2, 0.25) is 0 Å². The Hall–Kier alpha value is -1.95. The number of piperazine rings is 1. The van der Waals surface area contributed by atoms with E-state index in [1.165, 1.54) is 19.2 Å². The van der Waals surface area contributed by atoms with Gasteiger partial charge in [-0.05, 0) is 31.5 Å². The number of amides is 1. The molecule has 6 heteroatoms. The summed E-state index contributed by atoms with van der Waals surface area (Å²) in [7, 11) is 1.38. The molecule has 0 bridgehead atoms. The van der Waals surface area contributed by atoms with E-state index < -0.39 is 5.82 Å². The molecule has 23 heavy (non-hydrogen) atoms. The van der Waals surface area contributed by atoms with Crippen molar-refractivity contribution in [3.8, 4) is 0 Å². The molecule has 1 aromatic carbocycles. The van der Waals surface area contributed by atoms with Crippen LogP contribution in [-0.4, -0.2) is 61.0 Å². The monoisotopic (exact) mass is 322 g/mol. The van der Waals surface area contributed by atoms with Crippen LogP contribution in [0.25, 0.3) is 0 Å². The molecule has 1 amide bonds. The van der Waals surface area contributed by atoms with Crippen LogP contribution >= 0.6 is 0 Å². The predicted octanol–water partition coefficient (Wildman–Crippen LogP) is 1.84. The van der Waals surface area contributed by atoms with Gasteiger partial charge in [0.1, 0.15) is 5.82 Å². The molecule has 0 N–H and O–H groups in total. The number of halogens is 1. The van der Waals surface area contributed by atoms with Crippen molar-refractivity contribution in [3.05, 3.63) is 35.1 Å². The third kappa shape index (κ3) is 4.28. The number of carbonyl (C=O) groups is 2. The average molecular weight is 322 g/mol. The van der Waals surface area contributed by atoms with Gasteiger partial charge in [0.2, 0.25) is 0 Å². The Morgan fingerprint density at radius 2 is 2.09 bits per heavy atom. The zero-order valence-corrected chi connectivity index (χ0v) is 13.8. The average Bonchev–Trinajstić information content (AvgIpc) is 2.54. The Kier molecular flexibility index (Phi) is 5.71. The van der Waals surface area contributed by atoms with E-state index in [0.717, 1.165) is 5.56 Å². The van der Waals surface area contributed by atoms with Crippen molar-refractivity contribution in [2.75, 3.05) is 33.3 Å². The van der Waals surface area contributed by atoms with Crippen molar-refractivity contribution >= 4 is 11.9 Å². The smallest absolute Gasteiger partial charge is 0.306 e. The summed E-state index contributed by atoms with van der Waals surface area (Å²) in [5, 5.41) is 0. The van der Waals surface area contributed by atoms with Crippen molar-refractivity contribution in [1.29, 1.82) is 0 Å². The number of aryl methyl sites for hydroxylation is 1. The maximum atomic E-state index is 13.4. The van der Waals surface area contributed by atoms with Crippen molar-refractivity contribution in [1.82, 2.24) is 9.80 Å². The Morgan fingerprint density at radius 3 is 2.74 bits per heavy atom. The van der Waals surface area contributed by atoms with Crippen LogP contribution in [-0.2, 0) is 9.53 Å². The van der Waals surface area contributed by atoms with Crippen LogP contribution < -0.4 is 0 Å². The number of nitrogens with zero attached hydrogens (tertiary/aromatic N) is 2. The third-order valence-corrected chi connectivity index (χ3v) is 4.26. The molecule has 1 aliphatic rings. The zero-order valence-electron chi connectivity index (χ0n) is 13.8. The molecule has 1 fully saturated rings. The second kappa shape index (κ2) is 7.55. The van der Waals surface area contributed by atoms with Crippen LogP contribution in [0.4, 0.5) is 4.39 Å². The molecule has 0 radical (unpaired) electrons. The van der Waals surface area contributed by atoms with Gasteiger partial charge in [0.15, 0.2) is 0 Å². The first-order valence-electron chi connectivity index (χ1n) is 7.78. The number of rotatable bonds is 4. The van der Waals surface area contributed by atoms with Crippen LogP contribution in [0, 0.1) is 12.7 Å². The van der Waals surface area contributed by atoms with Gasteiger partial charge in [-0.2, -0.15) is 0 Å². The summed E-state index contributed by atoms with van der Waals surface area (Å²) >= 11 is 0. The van der Waals surface area contributed by atoms with Gasteiger partial charge in [0.25, 0.3) is 5.91 Å². The molecule has 0 saturated carbocycles. The predicted molar refractivity (Wildman–Crippen MR) is 84.7 cm³/mol. The molecule has 1 aliphatic heterocycles. The van der Waals surface area contributed by atoms with Crippen molar-refractivity contribution < 1.29 is 18.7 Å². The van der Waals surface area contributed by atoms with Gasteiger partial charge in [-0.25, -0.2) is 4.39 Å². The minimum absolute atomic E-state index is 0.0107. The van der Waals surface area contributed by atoms with E-state index in [2.05, 4.69) is 9.64 Å². The normalized spacial score (nSPS) is 18.8. The van der Waals surface area contributed by atoms with Crippen LogP contribution in [0.15, 0.2) is 18.2 Å². The largest absolute Gasteiger partial charge is 0.469 e. The minimum Gasteiger partial charge on any atom is -0.469 e. The lowest BCUT2D eigenvalue weighted by atomic mass is 10.1. The number of benzene rings is 1. The lowest BCUT2D eigenvalue weighted by Gasteiger charge is -2.40. The molecule has 1 saturated heterocycles. The van der Waals surface area contributed by atoms with Gasteiger partial charge in [0.05, 0.1) is 13.5 Å². The fraction of sp³-hybridized carbons (Fsp3) is 0.529. The van der Waals surface area contributed by atoms with Crippen LogP contribution in [0.3, 0.4) is 0 Å². The molecule has 1 heterocycles. The van der Waals surface area contributed by atoms with Crippen molar-refractivity contribution in [2.24, 2.45) is 0 Å². The van der Waals surface area contributed by atoms with Crippen LogP contribution in [0.5, 0.6) is 0 Å². The van der Waals surface area contributed by atoms with E-state index in [4.69, 9.17) is 0 Å². The molecule has 5 nitrogen and oxygen atoms in total. The maximum Gasteiger partial charge on any atom is 0.306 e. The third-order valence-electron chi connectivity index (χ3n) is 4.26. The standard InChI is InChI=1S/C17H23FN2O3/c1-12-4-5-14(18)10-15(12)17(22)20-9-8-19(11-13(20)2)7-6-16(21)23-3/h4-5,10,13H,6-9,11H2,1-3H3. The molecule has 0 spiro atoms. The summed E-state index contributed by atoms with van der Waals surface area (Å²) < 4.78 is 18.1. The molecular weight excluding hydrogens is 299 g/mol. The van der Waals surface area contributed by atoms with Gasteiger partial charge in [0, 0.05) is 37.8 Å². The SMILES string of the molecule is COC(=O)CCN1CCN(C(=O)c2cc(F)ccc2C)C(C)C1. The zero-order chi connectivity index (χ0) is 17.0. The first-order chi connectivity index (χ1) is 10.9. The Morgan fingerprint density at radius 1 is 1.35 bits per heavy atom. The fourth-order valence-electron chi connectivity index (χ4n) is 2.87. The summed E-state index contributed by atoms with van der Waals surface area (Å²) in [6.45, 7) is 6.36.